The Labute approximate surface area is 126 Å². The molecule has 1 aliphatic carbocycles. The van der Waals surface area contributed by atoms with Crippen LogP contribution in [0.25, 0.3) is 0 Å². The van der Waals surface area contributed by atoms with Crippen molar-refractivity contribution in [2.45, 2.75) is 37.7 Å². The molecule has 0 aliphatic heterocycles. The zero-order valence-electron chi connectivity index (χ0n) is 11.4. The third kappa shape index (κ3) is 4.37. The standard InChI is InChI=1S/C15H17ClF3NO/c16-9-10-3-1-6-13(7-10)20-14(21)11-4-2-5-12(8-11)15(17,18)19/h1,3,6-7,11-12H,2,4-5,8-9H2,(H,20,21). The van der Waals surface area contributed by atoms with E-state index in [2.05, 4.69) is 5.32 Å². The van der Waals surface area contributed by atoms with Gasteiger partial charge in [0.05, 0.1) is 5.92 Å². The van der Waals surface area contributed by atoms with Crippen molar-refractivity contribution in [1.82, 2.24) is 0 Å². The second-order valence-corrected chi connectivity index (χ2v) is 5.69. The minimum Gasteiger partial charge on any atom is -0.326 e. The van der Waals surface area contributed by atoms with E-state index in [1.54, 1.807) is 18.2 Å². The molecule has 0 radical (unpaired) electrons. The fraction of sp³-hybridized carbons (Fsp3) is 0.533. The Morgan fingerprint density at radius 2 is 2.10 bits per heavy atom. The molecule has 1 amide bonds. The minimum absolute atomic E-state index is 0.120. The maximum Gasteiger partial charge on any atom is 0.391 e. The molecule has 0 spiro atoms. The highest BCUT2D eigenvalue weighted by Crippen LogP contribution is 2.40. The molecule has 2 rings (SSSR count). The van der Waals surface area contributed by atoms with E-state index < -0.39 is 18.0 Å². The van der Waals surface area contributed by atoms with E-state index in [0.29, 0.717) is 24.4 Å². The van der Waals surface area contributed by atoms with E-state index in [1.807, 2.05) is 6.07 Å². The molecule has 2 atom stereocenters. The number of hydrogen-bond acceptors (Lipinski definition) is 1. The number of carbonyl (C=O) groups excluding carboxylic acids is 1. The first-order valence-electron chi connectivity index (χ1n) is 6.92. The van der Waals surface area contributed by atoms with Crippen molar-refractivity contribution in [3.05, 3.63) is 29.8 Å². The van der Waals surface area contributed by atoms with Crippen LogP contribution in [0.2, 0.25) is 0 Å². The summed E-state index contributed by atoms with van der Waals surface area (Å²) < 4.78 is 38.3. The summed E-state index contributed by atoms with van der Waals surface area (Å²) in [7, 11) is 0. The summed E-state index contributed by atoms with van der Waals surface area (Å²) in [6.45, 7) is 0. The number of nitrogens with one attached hydrogen (secondary N) is 1. The summed E-state index contributed by atoms with van der Waals surface area (Å²) in [5.41, 5.74) is 1.43. The van der Waals surface area contributed by atoms with Crippen LogP contribution in [0.15, 0.2) is 24.3 Å². The van der Waals surface area contributed by atoms with Crippen LogP contribution in [0.4, 0.5) is 18.9 Å². The van der Waals surface area contributed by atoms with E-state index in [9.17, 15) is 18.0 Å². The molecule has 2 unspecified atom stereocenters. The summed E-state index contributed by atoms with van der Waals surface area (Å²) in [6.07, 6.45) is -3.27. The van der Waals surface area contributed by atoms with Crippen molar-refractivity contribution >= 4 is 23.2 Å². The van der Waals surface area contributed by atoms with E-state index in [-0.39, 0.29) is 18.7 Å². The van der Waals surface area contributed by atoms with Gasteiger partial charge in [-0.15, -0.1) is 11.6 Å². The van der Waals surface area contributed by atoms with Crippen LogP contribution < -0.4 is 5.32 Å². The van der Waals surface area contributed by atoms with Gasteiger partial charge in [-0.3, -0.25) is 4.79 Å². The van der Waals surface area contributed by atoms with Crippen molar-refractivity contribution < 1.29 is 18.0 Å². The molecule has 0 saturated heterocycles. The first kappa shape index (κ1) is 16.1. The van der Waals surface area contributed by atoms with Gasteiger partial charge in [-0.1, -0.05) is 18.6 Å². The van der Waals surface area contributed by atoms with Crippen LogP contribution in [0.1, 0.15) is 31.2 Å². The maximum atomic E-state index is 12.8. The van der Waals surface area contributed by atoms with E-state index in [4.69, 9.17) is 11.6 Å². The quantitative estimate of drug-likeness (QED) is 0.802. The smallest absolute Gasteiger partial charge is 0.326 e. The predicted molar refractivity (Wildman–Crippen MR) is 76.1 cm³/mol. The summed E-state index contributed by atoms with van der Waals surface area (Å²) in [6, 6.07) is 7.02. The number of rotatable bonds is 3. The van der Waals surface area contributed by atoms with Gasteiger partial charge in [-0.05, 0) is 37.0 Å². The average Bonchev–Trinajstić information content (AvgIpc) is 2.46. The van der Waals surface area contributed by atoms with Crippen molar-refractivity contribution in [3.8, 4) is 0 Å². The van der Waals surface area contributed by atoms with Gasteiger partial charge >= 0.3 is 6.18 Å². The lowest BCUT2D eigenvalue weighted by Gasteiger charge is -2.29. The predicted octanol–water partition coefficient (Wildman–Crippen LogP) is 4.73. The SMILES string of the molecule is O=C(Nc1cccc(CCl)c1)C1CCCC(C(F)(F)F)C1. The van der Waals surface area contributed by atoms with Gasteiger partial charge in [-0.2, -0.15) is 13.2 Å². The largest absolute Gasteiger partial charge is 0.391 e. The third-order valence-electron chi connectivity index (χ3n) is 3.86. The van der Waals surface area contributed by atoms with E-state index in [0.717, 1.165) is 5.56 Å². The first-order valence-corrected chi connectivity index (χ1v) is 7.46. The molecule has 21 heavy (non-hydrogen) atoms. The van der Waals surface area contributed by atoms with E-state index in [1.165, 1.54) is 0 Å². The molecule has 0 aromatic heterocycles. The summed E-state index contributed by atoms with van der Waals surface area (Å²) in [4.78, 5) is 12.1. The van der Waals surface area contributed by atoms with Gasteiger partial charge < -0.3 is 5.32 Å². The van der Waals surface area contributed by atoms with Gasteiger partial charge in [0.25, 0.3) is 0 Å². The van der Waals surface area contributed by atoms with Crippen molar-refractivity contribution in [2.24, 2.45) is 11.8 Å². The van der Waals surface area contributed by atoms with Gasteiger partial charge in [0.15, 0.2) is 0 Å². The molecule has 1 fully saturated rings. The van der Waals surface area contributed by atoms with Crippen LogP contribution in [0.5, 0.6) is 0 Å². The molecule has 1 saturated carbocycles. The highest BCUT2D eigenvalue weighted by atomic mass is 35.5. The maximum absolute atomic E-state index is 12.8. The van der Waals surface area contributed by atoms with Crippen molar-refractivity contribution in [1.29, 1.82) is 0 Å². The summed E-state index contributed by atoms with van der Waals surface area (Å²) in [5, 5.41) is 2.69. The lowest BCUT2D eigenvalue weighted by Crippen LogP contribution is -2.34. The Kier molecular flexibility index (Phi) is 5.14. The molecule has 2 nitrogen and oxygen atoms in total. The molecule has 0 heterocycles. The topological polar surface area (TPSA) is 29.1 Å². The number of hydrogen-bond donors (Lipinski definition) is 1. The van der Waals surface area contributed by atoms with Crippen LogP contribution in [0.3, 0.4) is 0 Å². The highest BCUT2D eigenvalue weighted by molar-refractivity contribution is 6.17. The van der Waals surface area contributed by atoms with Crippen LogP contribution in [0, 0.1) is 11.8 Å². The van der Waals surface area contributed by atoms with Crippen LogP contribution in [-0.4, -0.2) is 12.1 Å². The number of carbonyl (C=O) groups is 1. The van der Waals surface area contributed by atoms with Crippen molar-refractivity contribution in [3.63, 3.8) is 0 Å². The first-order chi connectivity index (χ1) is 9.90. The number of benzene rings is 1. The highest BCUT2D eigenvalue weighted by Gasteiger charge is 2.43. The fourth-order valence-corrected chi connectivity index (χ4v) is 2.87. The molecular formula is C15H17ClF3NO. The van der Waals surface area contributed by atoms with Crippen LogP contribution >= 0.6 is 11.6 Å². The lowest BCUT2D eigenvalue weighted by atomic mass is 9.80. The second-order valence-electron chi connectivity index (χ2n) is 5.43. The van der Waals surface area contributed by atoms with Gasteiger partial charge in [0, 0.05) is 17.5 Å². The molecule has 0 bridgehead atoms. The third-order valence-corrected chi connectivity index (χ3v) is 4.17. The molecule has 1 N–H and O–H groups in total. The Balaban J connectivity index is 1.99. The Bertz CT molecular complexity index is 504. The van der Waals surface area contributed by atoms with Gasteiger partial charge in [0.1, 0.15) is 0 Å². The number of anilines is 1. The number of alkyl halides is 4. The molecule has 1 aliphatic rings. The van der Waals surface area contributed by atoms with Crippen molar-refractivity contribution in [2.75, 3.05) is 5.32 Å². The Morgan fingerprint density at radius 3 is 2.76 bits per heavy atom. The number of halogens is 4. The second kappa shape index (κ2) is 6.69. The van der Waals surface area contributed by atoms with Gasteiger partial charge in [0.2, 0.25) is 5.91 Å². The zero-order valence-corrected chi connectivity index (χ0v) is 12.2. The Morgan fingerprint density at radius 1 is 1.33 bits per heavy atom. The minimum atomic E-state index is -4.21. The normalized spacial score (nSPS) is 22.9. The number of amides is 1. The molecular weight excluding hydrogens is 303 g/mol. The Hall–Kier alpha value is -1.23. The summed E-state index contributed by atoms with van der Waals surface area (Å²) >= 11 is 5.72. The van der Waals surface area contributed by atoms with Gasteiger partial charge in [-0.25, -0.2) is 0 Å². The lowest BCUT2D eigenvalue weighted by molar-refractivity contribution is -0.185. The van der Waals surface area contributed by atoms with E-state index >= 15 is 0 Å². The molecule has 116 valence electrons. The van der Waals surface area contributed by atoms with Crippen LogP contribution in [-0.2, 0) is 10.7 Å². The molecule has 6 heteroatoms. The molecule has 1 aromatic carbocycles. The zero-order chi connectivity index (χ0) is 15.5. The average molecular weight is 320 g/mol. The fourth-order valence-electron chi connectivity index (χ4n) is 2.70. The molecule has 1 aromatic rings. The summed E-state index contributed by atoms with van der Waals surface area (Å²) in [5.74, 6) is -1.96. The monoisotopic (exact) mass is 319 g/mol.